The smallest absolute Gasteiger partial charge is 0.317 e. The van der Waals surface area contributed by atoms with Gasteiger partial charge >= 0.3 is 11.9 Å². The van der Waals surface area contributed by atoms with Crippen molar-refractivity contribution in [2.24, 2.45) is 11.8 Å². The minimum atomic E-state index is -0.580. The average Bonchev–Trinajstić information content (AvgIpc) is 2.45. The van der Waals surface area contributed by atoms with Crippen molar-refractivity contribution >= 4 is 46.7 Å². The van der Waals surface area contributed by atoms with Gasteiger partial charge in [0.25, 0.3) is 0 Å². The third-order valence-corrected chi connectivity index (χ3v) is 4.07. The Morgan fingerprint density at radius 2 is 1.75 bits per heavy atom. The number of carbonyl (C=O) groups excluding carboxylic acids is 2. The number of esters is 2. The van der Waals surface area contributed by atoms with Crippen LogP contribution in [0.15, 0.2) is 0 Å². The Balaban J connectivity index is 2.86. The van der Waals surface area contributed by atoms with Crippen molar-refractivity contribution in [3.63, 3.8) is 0 Å². The van der Waals surface area contributed by atoms with Crippen molar-refractivity contribution in [2.75, 3.05) is 0 Å². The van der Waals surface area contributed by atoms with Gasteiger partial charge in [-0.15, -0.1) is 34.8 Å². The van der Waals surface area contributed by atoms with E-state index in [1.165, 1.54) is 0 Å². The number of halogens is 3. The second-order valence-electron chi connectivity index (χ2n) is 3.98. The van der Waals surface area contributed by atoms with Crippen LogP contribution in [0, 0.1) is 11.8 Å². The van der Waals surface area contributed by atoms with Crippen LogP contribution in [0.3, 0.4) is 0 Å². The quantitative estimate of drug-likeness (QED) is 0.453. The van der Waals surface area contributed by atoms with Gasteiger partial charge in [0.2, 0.25) is 0 Å². The summed E-state index contributed by atoms with van der Waals surface area (Å²) in [7, 11) is 0. The summed E-state index contributed by atoms with van der Waals surface area (Å²) in [4.78, 5) is 22.5. The summed E-state index contributed by atoms with van der Waals surface area (Å²) in [5.41, 5.74) is 0. The molecule has 1 rings (SSSR count). The molecule has 0 aromatic carbocycles. The molecule has 0 bridgehead atoms. The van der Waals surface area contributed by atoms with Crippen LogP contribution in [-0.4, -0.2) is 28.1 Å². The molecule has 1 heterocycles. The minimum Gasteiger partial charge on any atom is -0.393 e. The molecule has 0 saturated carbocycles. The highest BCUT2D eigenvalue weighted by molar-refractivity contribution is 6.30. The molecule has 0 amide bonds. The van der Waals surface area contributed by atoms with E-state index in [0.29, 0.717) is 0 Å². The molecule has 0 N–H and O–H groups in total. The van der Waals surface area contributed by atoms with Crippen molar-refractivity contribution in [3.8, 4) is 0 Å². The molecule has 5 unspecified atom stereocenters. The fraction of sp³-hybridized carbons (Fsp3) is 0.800. The predicted molar refractivity (Wildman–Crippen MR) is 63.0 cm³/mol. The van der Waals surface area contributed by atoms with Crippen LogP contribution in [-0.2, 0) is 14.3 Å². The molecule has 1 fully saturated rings. The lowest BCUT2D eigenvalue weighted by molar-refractivity contribution is -0.153. The van der Waals surface area contributed by atoms with E-state index < -0.39 is 23.2 Å². The van der Waals surface area contributed by atoms with Crippen molar-refractivity contribution in [1.82, 2.24) is 0 Å². The monoisotopic (exact) mass is 286 g/mol. The van der Waals surface area contributed by atoms with Gasteiger partial charge in [-0.25, -0.2) is 0 Å². The van der Waals surface area contributed by atoms with Crippen LogP contribution in [0.5, 0.6) is 0 Å². The first kappa shape index (κ1) is 14.1. The molecule has 0 aliphatic carbocycles. The maximum absolute atomic E-state index is 11.5. The van der Waals surface area contributed by atoms with E-state index in [1.807, 2.05) is 0 Å². The molecular weight excluding hydrogens is 274 g/mol. The van der Waals surface area contributed by atoms with Gasteiger partial charge in [0, 0.05) is 16.7 Å². The molecule has 0 aromatic heterocycles. The topological polar surface area (TPSA) is 43.4 Å². The first-order chi connectivity index (χ1) is 7.34. The number of carbonyl (C=O) groups is 2. The zero-order valence-electron chi connectivity index (χ0n) is 8.95. The van der Waals surface area contributed by atoms with Crippen molar-refractivity contribution in [1.29, 1.82) is 0 Å². The van der Waals surface area contributed by atoms with Gasteiger partial charge in [-0.1, -0.05) is 0 Å². The molecule has 0 spiro atoms. The van der Waals surface area contributed by atoms with Crippen molar-refractivity contribution < 1.29 is 14.3 Å². The van der Waals surface area contributed by atoms with E-state index in [1.54, 1.807) is 13.8 Å². The largest absolute Gasteiger partial charge is 0.393 e. The summed E-state index contributed by atoms with van der Waals surface area (Å²) >= 11 is 18.0. The third kappa shape index (κ3) is 3.02. The second kappa shape index (κ2) is 5.56. The molecular formula is C10H13Cl3O3. The molecule has 1 aliphatic heterocycles. The van der Waals surface area contributed by atoms with Crippen LogP contribution in [0.25, 0.3) is 0 Å². The number of hydrogen-bond donors (Lipinski definition) is 0. The highest BCUT2D eigenvalue weighted by atomic mass is 35.5. The highest BCUT2D eigenvalue weighted by Crippen LogP contribution is 2.36. The van der Waals surface area contributed by atoms with Gasteiger partial charge in [-0.05, 0) is 13.8 Å². The van der Waals surface area contributed by atoms with Gasteiger partial charge in [0.1, 0.15) is 0 Å². The molecule has 6 heteroatoms. The summed E-state index contributed by atoms with van der Waals surface area (Å²) in [6.07, 6.45) is 0.0351. The lowest BCUT2D eigenvalue weighted by Crippen LogP contribution is -2.37. The molecule has 0 aromatic rings. The summed E-state index contributed by atoms with van der Waals surface area (Å²) < 4.78 is 4.50. The maximum atomic E-state index is 11.5. The van der Waals surface area contributed by atoms with E-state index in [2.05, 4.69) is 4.74 Å². The van der Waals surface area contributed by atoms with Crippen LogP contribution in [0.1, 0.15) is 20.3 Å². The van der Waals surface area contributed by atoms with Gasteiger partial charge in [-0.2, -0.15) is 0 Å². The van der Waals surface area contributed by atoms with E-state index in [9.17, 15) is 9.59 Å². The molecule has 92 valence electrons. The molecule has 3 nitrogen and oxygen atoms in total. The van der Waals surface area contributed by atoms with Crippen LogP contribution in [0.4, 0.5) is 0 Å². The number of alkyl halides is 3. The minimum absolute atomic E-state index is 0.0351. The highest BCUT2D eigenvalue weighted by Gasteiger charge is 2.45. The Morgan fingerprint density at radius 3 is 2.06 bits per heavy atom. The number of ether oxygens (including phenoxy) is 1. The average molecular weight is 288 g/mol. The maximum Gasteiger partial charge on any atom is 0.317 e. The normalized spacial score (nSPS) is 28.4. The molecule has 16 heavy (non-hydrogen) atoms. The molecule has 1 aliphatic rings. The summed E-state index contributed by atoms with van der Waals surface area (Å²) in [6, 6.07) is 0. The number of hydrogen-bond acceptors (Lipinski definition) is 3. The Morgan fingerprint density at radius 1 is 1.19 bits per heavy atom. The first-order valence-electron chi connectivity index (χ1n) is 5.01. The van der Waals surface area contributed by atoms with Gasteiger partial charge < -0.3 is 4.74 Å². The van der Waals surface area contributed by atoms with Crippen molar-refractivity contribution in [3.05, 3.63) is 0 Å². The Kier molecular flexibility index (Phi) is 4.89. The summed E-state index contributed by atoms with van der Waals surface area (Å²) in [6.45, 7) is 3.46. The number of rotatable bonds is 4. The lowest BCUT2D eigenvalue weighted by Gasteiger charge is -2.28. The Hall–Kier alpha value is 0.01000. The predicted octanol–water partition coefficient (Wildman–Crippen LogP) is 2.55. The van der Waals surface area contributed by atoms with E-state index in [4.69, 9.17) is 34.8 Å². The zero-order chi connectivity index (χ0) is 12.5. The van der Waals surface area contributed by atoms with E-state index in [0.717, 1.165) is 0 Å². The molecule has 1 saturated heterocycles. The van der Waals surface area contributed by atoms with Gasteiger partial charge in [-0.3, -0.25) is 9.59 Å². The fourth-order valence-corrected chi connectivity index (χ4v) is 2.86. The summed E-state index contributed by atoms with van der Waals surface area (Å²) in [5.74, 6) is -2.02. The lowest BCUT2D eigenvalue weighted by atomic mass is 9.84. The number of cyclic esters (lactones) is 2. The van der Waals surface area contributed by atoms with E-state index in [-0.39, 0.29) is 23.1 Å². The van der Waals surface area contributed by atoms with Crippen LogP contribution >= 0.6 is 34.8 Å². The van der Waals surface area contributed by atoms with Gasteiger partial charge in [0.15, 0.2) is 0 Å². The SMILES string of the molecule is CC(Cl)C(Cl)C(C(C)Cl)C1CC(=O)OC1=O. The standard InChI is InChI=1S/C10H13Cl3O3/c1-4(11)8(9(13)5(2)12)6-3-7(14)16-10(6)15/h4-6,8-9H,3H2,1-2H3. The van der Waals surface area contributed by atoms with E-state index >= 15 is 0 Å². The Labute approximate surface area is 109 Å². The molecule has 0 radical (unpaired) electrons. The third-order valence-electron chi connectivity index (χ3n) is 2.71. The first-order valence-corrected chi connectivity index (χ1v) is 6.32. The second-order valence-corrected chi connectivity index (χ2v) is 5.86. The van der Waals surface area contributed by atoms with Gasteiger partial charge in [0.05, 0.1) is 17.7 Å². The van der Waals surface area contributed by atoms with Crippen LogP contribution < -0.4 is 0 Å². The Bertz CT molecular complexity index is 291. The van der Waals surface area contributed by atoms with Crippen molar-refractivity contribution in [2.45, 2.75) is 36.4 Å². The molecule has 5 atom stereocenters. The summed E-state index contributed by atoms with van der Waals surface area (Å²) in [5, 5.41) is -1.17. The fourth-order valence-electron chi connectivity index (χ4n) is 1.89. The zero-order valence-corrected chi connectivity index (χ0v) is 11.2. The van der Waals surface area contributed by atoms with Crippen LogP contribution in [0.2, 0.25) is 0 Å².